The van der Waals surface area contributed by atoms with Crippen molar-refractivity contribution in [1.82, 2.24) is 9.97 Å². The van der Waals surface area contributed by atoms with Gasteiger partial charge in [-0.2, -0.15) is 0 Å². The fourth-order valence-electron chi connectivity index (χ4n) is 3.59. The summed E-state index contributed by atoms with van der Waals surface area (Å²) in [7, 11) is 0. The van der Waals surface area contributed by atoms with Gasteiger partial charge in [0.05, 0.1) is 12.2 Å². The minimum atomic E-state index is -0.282. The number of benzene rings is 2. The van der Waals surface area contributed by atoms with Crippen LogP contribution in [0.4, 0.5) is 0 Å². The normalized spacial score (nSPS) is 11.7. The molecule has 2 aromatic carbocycles. The summed E-state index contributed by atoms with van der Waals surface area (Å²) in [6.45, 7) is 7.26. The number of unbranched alkanes of at least 4 members (excludes halogenated alkanes) is 4. The number of rotatable bonds is 14. The highest BCUT2D eigenvalue weighted by Crippen LogP contribution is 2.21. The minimum Gasteiger partial charge on any atom is -0.489 e. The summed E-state index contributed by atoms with van der Waals surface area (Å²) in [5.41, 5.74) is 3.71. The molecule has 5 heteroatoms. The summed E-state index contributed by atoms with van der Waals surface area (Å²) in [6.07, 6.45) is 12.3. The van der Waals surface area contributed by atoms with E-state index in [0.29, 0.717) is 24.7 Å². The van der Waals surface area contributed by atoms with Gasteiger partial charge in [0.1, 0.15) is 12.4 Å². The quantitative estimate of drug-likeness (QED) is 0.179. The van der Waals surface area contributed by atoms with Crippen LogP contribution < -0.4 is 4.74 Å². The molecule has 0 bridgehead atoms. The molecule has 1 atom stereocenters. The van der Waals surface area contributed by atoms with Crippen molar-refractivity contribution in [2.45, 2.75) is 72.3 Å². The molecule has 3 aromatic rings. The van der Waals surface area contributed by atoms with Crippen LogP contribution in [0.5, 0.6) is 5.75 Å². The maximum atomic E-state index is 12.1. The van der Waals surface area contributed by atoms with Crippen LogP contribution >= 0.6 is 0 Å². The summed E-state index contributed by atoms with van der Waals surface area (Å²) in [4.78, 5) is 21.2. The molecular weight excluding hydrogens is 436 g/mol. The van der Waals surface area contributed by atoms with Crippen molar-refractivity contribution in [3.05, 3.63) is 77.6 Å². The Morgan fingerprint density at radius 3 is 2.20 bits per heavy atom. The van der Waals surface area contributed by atoms with Crippen molar-refractivity contribution in [3.8, 4) is 17.1 Å². The fraction of sp³-hybridized carbons (Fsp3) is 0.433. The van der Waals surface area contributed by atoms with Crippen LogP contribution in [0, 0.1) is 5.92 Å². The van der Waals surface area contributed by atoms with E-state index < -0.39 is 0 Å². The first kappa shape index (κ1) is 26.4. The smallest absolute Gasteiger partial charge is 0.338 e. The Bertz CT molecular complexity index is 1010. The predicted octanol–water partition coefficient (Wildman–Crippen LogP) is 7.44. The van der Waals surface area contributed by atoms with Gasteiger partial charge in [-0.15, -0.1) is 0 Å². The molecule has 0 N–H and O–H groups in total. The van der Waals surface area contributed by atoms with Crippen molar-refractivity contribution < 1.29 is 14.3 Å². The van der Waals surface area contributed by atoms with Crippen molar-refractivity contribution in [2.24, 2.45) is 5.92 Å². The average Bonchev–Trinajstić information content (AvgIpc) is 2.91. The highest BCUT2D eigenvalue weighted by Gasteiger charge is 2.09. The van der Waals surface area contributed by atoms with Crippen LogP contribution in [0.2, 0.25) is 0 Å². The van der Waals surface area contributed by atoms with Crippen LogP contribution in [0.1, 0.15) is 80.8 Å². The number of aryl methyl sites for hydroxylation is 1. The molecule has 186 valence electrons. The number of esters is 1. The number of carbonyl (C=O) groups is 1. The van der Waals surface area contributed by atoms with Crippen LogP contribution in [0.25, 0.3) is 11.4 Å². The monoisotopic (exact) mass is 474 g/mol. The summed E-state index contributed by atoms with van der Waals surface area (Å²) < 4.78 is 11.3. The third kappa shape index (κ3) is 8.82. The number of aromatic nitrogens is 2. The molecule has 3 rings (SSSR count). The second-order valence-electron chi connectivity index (χ2n) is 9.20. The molecule has 0 radical (unpaired) electrons. The Balaban J connectivity index is 1.46. The number of nitrogens with zero attached hydrogens (tertiary/aromatic N) is 2. The largest absolute Gasteiger partial charge is 0.489 e. The van der Waals surface area contributed by atoms with Crippen LogP contribution in [-0.2, 0) is 17.8 Å². The van der Waals surface area contributed by atoms with Gasteiger partial charge in [-0.05, 0) is 66.3 Å². The van der Waals surface area contributed by atoms with Crippen LogP contribution in [0.15, 0.2) is 60.9 Å². The molecule has 1 unspecified atom stereocenters. The summed E-state index contributed by atoms with van der Waals surface area (Å²) >= 11 is 0. The van der Waals surface area contributed by atoms with Crippen molar-refractivity contribution >= 4 is 5.97 Å². The molecule has 0 spiro atoms. The first-order valence-electron chi connectivity index (χ1n) is 12.9. The number of hydrogen-bond acceptors (Lipinski definition) is 5. The second-order valence-corrected chi connectivity index (χ2v) is 9.20. The number of ether oxygens (including phenoxy) is 2. The molecule has 0 saturated carbocycles. The van der Waals surface area contributed by atoms with E-state index in [0.717, 1.165) is 35.5 Å². The highest BCUT2D eigenvalue weighted by atomic mass is 16.5. The Morgan fingerprint density at radius 1 is 0.857 bits per heavy atom. The maximum absolute atomic E-state index is 12.1. The van der Waals surface area contributed by atoms with E-state index >= 15 is 0 Å². The minimum absolute atomic E-state index is 0.282. The summed E-state index contributed by atoms with van der Waals surface area (Å²) in [5, 5.41) is 0. The van der Waals surface area contributed by atoms with E-state index in [2.05, 4.69) is 30.7 Å². The molecule has 0 aliphatic rings. The summed E-state index contributed by atoms with van der Waals surface area (Å²) in [6, 6.07) is 15.2. The Hall–Kier alpha value is -3.21. The zero-order chi connectivity index (χ0) is 24.9. The lowest BCUT2D eigenvalue weighted by Gasteiger charge is -2.10. The van der Waals surface area contributed by atoms with E-state index in [1.807, 2.05) is 48.8 Å². The molecule has 0 aliphatic carbocycles. The van der Waals surface area contributed by atoms with Gasteiger partial charge in [0, 0.05) is 18.0 Å². The molecule has 1 aromatic heterocycles. The molecular formula is C30H38N2O3. The maximum Gasteiger partial charge on any atom is 0.338 e. The third-order valence-electron chi connectivity index (χ3n) is 6.18. The third-order valence-corrected chi connectivity index (χ3v) is 6.18. The van der Waals surface area contributed by atoms with Crippen LogP contribution in [-0.4, -0.2) is 22.5 Å². The highest BCUT2D eigenvalue weighted by molar-refractivity contribution is 5.89. The van der Waals surface area contributed by atoms with Gasteiger partial charge in [-0.1, -0.05) is 65.0 Å². The van der Waals surface area contributed by atoms with E-state index in [4.69, 9.17) is 9.47 Å². The Kier molecular flexibility index (Phi) is 10.7. The lowest BCUT2D eigenvalue weighted by Crippen LogP contribution is -2.11. The van der Waals surface area contributed by atoms with Crippen molar-refractivity contribution in [2.75, 3.05) is 6.61 Å². The lowest BCUT2D eigenvalue weighted by atomic mass is 10.1. The number of carbonyl (C=O) groups excluding carboxylic acids is 1. The first-order valence-corrected chi connectivity index (χ1v) is 12.9. The molecule has 0 fully saturated rings. The Morgan fingerprint density at radius 2 is 1.54 bits per heavy atom. The van der Waals surface area contributed by atoms with Gasteiger partial charge in [0.15, 0.2) is 5.82 Å². The van der Waals surface area contributed by atoms with Gasteiger partial charge in [0.25, 0.3) is 0 Å². The molecule has 5 nitrogen and oxygen atoms in total. The van der Waals surface area contributed by atoms with Gasteiger partial charge < -0.3 is 9.47 Å². The second kappa shape index (κ2) is 14.2. The van der Waals surface area contributed by atoms with Crippen LogP contribution in [0.3, 0.4) is 0 Å². The van der Waals surface area contributed by atoms with Crippen molar-refractivity contribution in [1.29, 1.82) is 0 Å². The molecule has 35 heavy (non-hydrogen) atoms. The standard InChI is InChI=1S/C30H38N2O3/c1-4-6-7-8-9-10-25-19-31-29(32-20-25)26-15-17-28(18-16-26)34-22-24-11-13-27(14-12-24)30(33)35-21-23(3)5-2/h11-20,23H,4-10,21-22H2,1-3H3. The van der Waals surface area contributed by atoms with Gasteiger partial charge in [-0.25, -0.2) is 14.8 Å². The predicted molar refractivity (Wildman–Crippen MR) is 140 cm³/mol. The Labute approximate surface area is 209 Å². The molecule has 0 aliphatic heterocycles. The van der Waals surface area contributed by atoms with E-state index in [1.165, 1.54) is 37.7 Å². The lowest BCUT2D eigenvalue weighted by molar-refractivity contribution is 0.0447. The average molecular weight is 475 g/mol. The van der Waals surface area contributed by atoms with Gasteiger partial charge >= 0.3 is 5.97 Å². The topological polar surface area (TPSA) is 61.3 Å². The van der Waals surface area contributed by atoms with Gasteiger partial charge in [0.2, 0.25) is 0 Å². The van der Waals surface area contributed by atoms with E-state index in [9.17, 15) is 4.79 Å². The van der Waals surface area contributed by atoms with Gasteiger partial charge in [-0.3, -0.25) is 0 Å². The molecule has 0 amide bonds. The molecule has 0 saturated heterocycles. The van der Waals surface area contributed by atoms with E-state index in [1.54, 1.807) is 12.1 Å². The SMILES string of the molecule is CCCCCCCc1cnc(-c2ccc(OCc3ccc(C(=O)OCC(C)CC)cc3)cc2)nc1. The van der Waals surface area contributed by atoms with E-state index in [-0.39, 0.29) is 5.97 Å². The molecule has 1 heterocycles. The first-order chi connectivity index (χ1) is 17.1. The number of hydrogen-bond donors (Lipinski definition) is 0. The summed E-state index contributed by atoms with van der Waals surface area (Å²) in [5.74, 6) is 1.58. The fourth-order valence-corrected chi connectivity index (χ4v) is 3.59. The zero-order valence-electron chi connectivity index (χ0n) is 21.3. The van der Waals surface area contributed by atoms with Crippen molar-refractivity contribution in [3.63, 3.8) is 0 Å². The zero-order valence-corrected chi connectivity index (χ0v) is 21.3.